The minimum atomic E-state index is -1.22. The van der Waals surface area contributed by atoms with Gasteiger partial charge in [-0.2, -0.15) is 0 Å². The maximum atomic E-state index is 12.2. The Hall–Kier alpha value is -2.04. The Morgan fingerprint density at radius 1 is 1.14 bits per heavy atom. The van der Waals surface area contributed by atoms with E-state index in [9.17, 15) is 9.59 Å². The third-order valence-corrected chi connectivity index (χ3v) is 3.11. The summed E-state index contributed by atoms with van der Waals surface area (Å²) in [6.45, 7) is 3.96. The number of methoxy groups -OCH3 is 1. The molecule has 0 bridgehead atoms. The second-order valence-corrected chi connectivity index (χ2v) is 4.85. The van der Waals surface area contributed by atoms with Crippen LogP contribution in [0.3, 0.4) is 0 Å². The highest BCUT2D eigenvalue weighted by molar-refractivity contribution is 6.02. The number of carbonyl (C=O) groups excluding carboxylic acids is 2. The molecule has 0 radical (unpaired) electrons. The van der Waals surface area contributed by atoms with Gasteiger partial charge in [0.05, 0.1) is 13.7 Å². The number of ketones is 1. The number of hydrogen-bond donors (Lipinski definition) is 0. The van der Waals surface area contributed by atoms with Gasteiger partial charge < -0.3 is 14.2 Å². The predicted molar refractivity (Wildman–Crippen MR) is 83.2 cm³/mol. The van der Waals surface area contributed by atoms with E-state index in [4.69, 9.17) is 14.2 Å². The summed E-state index contributed by atoms with van der Waals surface area (Å²) in [6.07, 6.45) is 1.78. The van der Waals surface area contributed by atoms with Crippen molar-refractivity contribution < 1.29 is 23.8 Å². The van der Waals surface area contributed by atoms with Gasteiger partial charge in [-0.1, -0.05) is 25.8 Å². The van der Waals surface area contributed by atoms with Crippen molar-refractivity contribution in [3.63, 3.8) is 0 Å². The van der Waals surface area contributed by atoms with E-state index in [1.165, 1.54) is 7.11 Å². The molecule has 1 aromatic rings. The van der Waals surface area contributed by atoms with E-state index in [0.717, 1.165) is 19.3 Å². The molecule has 0 aliphatic heterocycles. The zero-order valence-corrected chi connectivity index (χ0v) is 13.5. The minimum Gasteiger partial charge on any atom is -0.497 e. The van der Waals surface area contributed by atoms with Crippen LogP contribution in [0.5, 0.6) is 11.5 Å². The smallest absolute Gasteiger partial charge is 0.355 e. The van der Waals surface area contributed by atoms with Crippen molar-refractivity contribution in [1.29, 1.82) is 0 Å². The molecule has 122 valence electrons. The maximum absolute atomic E-state index is 12.2. The first-order chi connectivity index (χ1) is 10.6. The standard InChI is InChI=1S/C17H24O5/c1-4-6-7-11-15(18)16(17(19)21-5-2)22-14-10-8-9-13(12-14)20-3/h8-10,12,16H,4-7,11H2,1-3H3/t16-/m0/s1. The number of unbranched alkanes of at least 4 members (excludes halogenated alkanes) is 2. The highest BCUT2D eigenvalue weighted by atomic mass is 16.6. The number of carbonyl (C=O) groups is 2. The van der Waals surface area contributed by atoms with Gasteiger partial charge in [0.25, 0.3) is 6.10 Å². The molecule has 0 spiro atoms. The van der Waals surface area contributed by atoms with Crippen LogP contribution in [-0.2, 0) is 14.3 Å². The normalized spacial score (nSPS) is 11.6. The van der Waals surface area contributed by atoms with E-state index in [1.54, 1.807) is 31.2 Å². The van der Waals surface area contributed by atoms with Gasteiger partial charge in [-0.25, -0.2) is 4.79 Å². The molecule has 1 aromatic carbocycles. The molecule has 0 saturated carbocycles. The Morgan fingerprint density at radius 3 is 2.50 bits per heavy atom. The first-order valence-electron chi connectivity index (χ1n) is 7.62. The Labute approximate surface area is 131 Å². The predicted octanol–water partition coefficient (Wildman–Crippen LogP) is 3.16. The molecule has 0 fully saturated rings. The molecule has 0 aromatic heterocycles. The summed E-state index contributed by atoms with van der Waals surface area (Å²) in [6, 6.07) is 6.80. The van der Waals surface area contributed by atoms with Crippen LogP contribution in [-0.4, -0.2) is 31.6 Å². The quantitative estimate of drug-likeness (QED) is 0.377. The molecule has 1 atom stereocenters. The topological polar surface area (TPSA) is 61.8 Å². The van der Waals surface area contributed by atoms with Gasteiger partial charge in [0.2, 0.25) is 0 Å². The lowest BCUT2D eigenvalue weighted by Crippen LogP contribution is -2.37. The van der Waals surface area contributed by atoms with Gasteiger partial charge in [0, 0.05) is 12.5 Å². The Bertz CT molecular complexity index is 484. The molecule has 0 saturated heterocycles. The molecule has 0 aliphatic carbocycles. The lowest BCUT2D eigenvalue weighted by molar-refractivity contribution is -0.155. The molecule has 5 nitrogen and oxygen atoms in total. The summed E-state index contributed by atoms with van der Waals surface area (Å²) in [5.41, 5.74) is 0. The molecule has 0 heterocycles. The molecule has 0 unspecified atom stereocenters. The van der Waals surface area contributed by atoms with Gasteiger partial charge >= 0.3 is 5.97 Å². The second-order valence-electron chi connectivity index (χ2n) is 4.85. The average Bonchev–Trinajstić information content (AvgIpc) is 2.53. The zero-order valence-electron chi connectivity index (χ0n) is 13.5. The summed E-state index contributed by atoms with van der Waals surface area (Å²) in [5.74, 6) is 0.0984. The monoisotopic (exact) mass is 308 g/mol. The van der Waals surface area contributed by atoms with Crippen LogP contribution in [0.2, 0.25) is 0 Å². The fourth-order valence-corrected chi connectivity index (χ4v) is 1.95. The van der Waals surface area contributed by atoms with Crippen LogP contribution in [0.4, 0.5) is 0 Å². The molecule has 22 heavy (non-hydrogen) atoms. The minimum absolute atomic E-state index is 0.207. The molecular formula is C17H24O5. The van der Waals surface area contributed by atoms with E-state index >= 15 is 0 Å². The number of benzene rings is 1. The van der Waals surface area contributed by atoms with Crippen LogP contribution >= 0.6 is 0 Å². The van der Waals surface area contributed by atoms with Gasteiger partial charge in [-0.15, -0.1) is 0 Å². The fourth-order valence-electron chi connectivity index (χ4n) is 1.95. The Balaban J connectivity index is 2.80. The van der Waals surface area contributed by atoms with Crippen molar-refractivity contribution in [2.75, 3.05) is 13.7 Å². The van der Waals surface area contributed by atoms with Crippen molar-refractivity contribution in [3.8, 4) is 11.5 Å². The summed E-state index contributed by atoms with van der Waals surface area (Å²) in [7, 11) is 1.54. The highest BCUT2D eigenvalue weighted by Gasteiger charge is 2.29. The Kier molecular flexibility index (Phi) is 8.04. The van der Waals surface area contributed by atoms with Gasteiger partial charge in [-0.05, 0) is 25.5 Å². The van der Waals surface area contributed by atoms with Crippen LogP contribution in [0.1, 0.15) is 39.5 Å². The first-order valence-corrected chi connectivity index (χ1v) is 7.62. The lowest BCUT2D eigenvalue weighted by atomic mass is 10.1. The summed E-state index contributed by atoms with van der Waals surface area (Å²) in [4.78, 5) is 24.2. The van der Waals surface area contributed by atoms with Crippen LogP contribution in [0.15, 0.2) is 24.3 Å². The highest BCUT2D eigenvalue weighted by Crippen LogP contribution is 2.21. The van der Waals surface area contributed by atoms with E-state index in [0.29, 0.717) is 17.9 Å². The van der Waals surface area contributed by atoms with E-state index in [-0.39, 0.29) is 12.4 Å². The van der Waals surface area contributed by atoms with Gasteiger partial charge in [0.15, 0.2) is 5.78 Å². The number of hydrogen-bond acceptors (Lipinski definition) is 5. The number of ether oxygens (including phenoxy) is 3. The lowest BCUT2D eigenvalue weighted by Gasteiger charge is -2.17. The first kappa shape index (κ1) is 18.0. The van der Waals surface area contributed by atoms with Crippen molar-refractivity contribution in [2.24, 2.45) is 0 Å². The molecule has 0 aliphatic rings. The van der Waals surface area contributed by atoms with Crippen LogP contribution in [0.25, 0.3) is 0 Å². The van der Waals surface area contributed by atoms with Crippen molar-refractivity contribution >= 4 is 11.8 Å². The van der Waals surface area contributed by atoms with Crippen molar-refractivity contribution in [1.82, 2.24) is 0 Å². The molecular weight excluding hydrogens is 284 g/mol. The van der Waals surface area contributed by atoms with E-state index in [1.807, 2.05) is 0 Å². The van der Waals surface area contributed by atoms with Gasteiger partial charge in [0.1, 0.15) is 11.5 Å². The van der Waals surface area contributed by atoms with Crippen LogP contribution < -0.4 is 9.47 Å². The second kappa shape index (κ2) is 9.82. The number of Topliss-reactive ketones (excluding diaryl/α,β-unsaturated/α-hetero) is 1. The molecule has 5 heteroatoms. The SMILES string of the molecule is CCCCCC(=O)[C@H](Oc1cccc(OC)c1)C(=O)OCC. The fraction of sp³-hybridized carbons (Fsp3) is 0.529. The number of esters is 1. The van der Waals surface area contributed by atoms with Crippen LogP contribution in [0, 0.1) is 0 Å². The zero-order chi connectivity index (χ0) is 16.4. The summed E-state index contributed by atoms with van der Waals surface area (Å²) in [5, 5.41) is 0. The van der Waals surface area contributed by atoms with Gasteiger partial charge in [-0.3, -0.25) is 4.79 Å². The Morgan fingerprint density at radius 2 is 1.86 bits per heavy atom. The molecule has 1 rings (SSSR count). The average molecular weight is 308 g/mol. The van der Waals surface area contributed by atoms with Crippen molar-refractivity contribution in [2.45, 2.75) is 45.6 Å². The third-order valence-electron chi connectivity index (χ3n) is 3.11. The van der Waals surface area contributed by atoms with Crippen molar-refractivity contribution in [3.05, 3.63) is 24.3 Å². The largest absolute Gasteiger partial charge is 0.497 e. The number of rotatable bonds is 10. The molecule has 0 N–H and O–H groups in total. The molecule has 0 amide bonds. The van der Waals surface area contributed by atoms with E-state index < -0.39 is 12.1 Å². The summed E-state index contributed by atoms with van der Waals surface area (Å²) < 4.78 is 15.6. The maximum Gasteiger partial charge on any atom is 0.355 e. The third kappa shape index (κ3) is 5.76. The van der Waals surface area contributed by atoms with E-state index in [2.05, 4.69) is 6.92 Å². The summed E-state index contributed by atoms with van der Waals surface area (Å²) >= 11 is 0.